The molecule has 0 radical (unpaired) electrons. The van der Waals surface area contributed by atoms with Crippen LogP contribution < -0.4 is 16.0 Å². The Labute approximate surface area is 156 Å². The molecule has 140 valence electrons. The number of fused-ring (bicyclic) bond motifs is 1. The number of nitrogens with one attached hydrogen (secondary N) is 3. The maximum absolute atomic E-state index is 12.2. The molecule has 2 aliphatic rings. The van der Waals surface area contributed by atoms with E-state index in [0.717, 1.165) is 30.2 Å². The molecule has 3 N–H and O–H groups in total. The van der Waals surface area contributed by atoms with Crippen LogP contribution in [0.2, 0.25) is 0 Å². The SMILES string of the molecule is Cn1nc(CNC(=O)Nc2nnc(C3CCCCC3)s2)c2c1CCNC2. The van der Waals surface area contributed by atoms with Crippen LogP contribution in [0, 0.1) is 0 Å². The van der Waals surface area contributed by atoms with Crippen LogP contribution in [0.15, 0.2) is 0 Å². The average Bonchev–Trinajstić information content (AvgIpc) is 3.26. The van der Waals surface area contributed by atoms with Gasteiger partial charge in [-0.05, 0) is 12.8 Å². The number of nitrogens with zero attached hydrogens (tertiary/aromatic N) is 4. The molecular weight excluding hydrogens is 350 g/mol. The predicted octanol–water partition coefficient (Wildman–Crippen LogP) is 2.29. The van der Waals surface area contributed by atoms with Gasteiger partial charge in [0.2, 0.25) is 5.13 Å². The zero-order valence-corrected chi connectivity index (χ0v) is 15.9. The van der Waals surface area contributed by atoms with Crippen molar-refractivity contribution in [3.63, 3.8) is 0 Å². The van der Waals surface area contributed by atoms with Gasteiger partial charge in [0.15, 0.2) is 0 Å². The second kappa shape index (κ2) is 7.71. The minimum atomic E-state index is -0.264. The number of amides is 2. The van der Waals surface area contributed by atoms with Crippen molar-refractivity contribution in [1.29, 1.82) is 0 Å². The molecular formula is C17H25N7OS. The molecule has 2 aromatic heterocycles. The van der Waals surface area contributed by atoms with E-state index in [0.29, 0.717) is 17.6 Å². The van der Waals surface area contributed by atoms with E-state index >= 15 is 0 Å². The van der Waals surface area contributed by atoms with E-state index in [-0.39, 0.29) is 6.03 Å². The molecule has 2 aromatic rings. The molecule has 8 nitrogen and oxygen atoms in total. The fraction of sp³-hybridized carbons (Fsp3) is 0.647. The first kappa shape index (κ1) is 17.4. The lowest BCUT2D eigenvalue weighted by atomic mass is 9.90. The van der Waals surface area contributed by atoms with Crippen LogP contribution in [0.4, 0.5) is 9.93 Å². The topological polar surface area (TPSA) is 96.8 Å². The molecule has 1 fully saturated rings. The summed E-state index contributed by atoms with van der Waals surface area (Å²) in [7, 11) is 1.96. The maximum Gasteiger partial charge on any atom is 0.321 e. The molecule has 3 heterocycles. The van der Waals surface area contributed by atoms with E-state index in [1.54, 1.807) is 0 Å². The molecule has 0 unspecified atom stereocenters. The zero-order chi connectivity index (χ0) is 17.9. The average molecular weight is 376 g/mol. The Hall–Kier alpha value is -2.00. The van der Waals surface area contributed by atoms with Crippen molar-refractivity contribution >= 4 is 22.5 Å². The molecule has 0 bridgehead atoms. The van der Waals surface area contributed by atoms with Crippen LogP contribution in [0.5, 0.6) is 0 Å². The number of rotatable bonds is 4. The first-order chi connectivity index (χ1) is 12.7. The highest BCUT2D eigenvalue weighted by Gasteiger charge is 2.21. The summed E-state index contributed by atoms with van der Waals surface area (Å²) >= 11 is 1.49. The van der Waals surface area contributed by atoms with E-state index < -0.39 is 0 Å². The largest absolute Gasteiger partial charge is 0.332 e. The Morgan fingerprint density at radius 3 is 3.00 bits per heavy atom. The molecule has 0 aromatic carbocycles. The lowest BCUT2D eigenvalue weighted by Gasteiger charge is -2.18. The standard InChI is InChI=1S/C17H25N7OS/c1-24-14-7-8-18-9-12(14)13(23-24)10-19-16(25)20-17-22-21-15(26-17)11-5-3-2-4-6-11/h11,18H,2-10H2,1H3,(H2,19,20,22,25). The van der Waals surface area contributed by atoms with Gasteiger partial charge in [-0.25, -0.2) is 4.79 Å². The Bertz CT molecular complexity index is 778. The fourth-order valence-corrected chi connectivity index (χ4v) is 4.76. The Morgan fingerprint density at radius 2 is 2.15 bits per heavy atom. The quantitative estimate of drug-likeness (QED) is 0.762. The summed E-state index contributed by atoms with van der Waals surface area (Å²) in [6, 6.07) is -0.264. The minimum Gasteiger partial charge on any atom is -0.332 e. The van der Waals surface area contributed by atoms with Gasteiger partial charge in [0.25, 0.3) is 0 Å². The van der Waals surface area contributed by atoms with Crippen LogP contribution in [0.25, 0.3) is 0 Å². The zero-order valence-electron chi connectivity index (χ0n) is 15.0. The summed E-state index contributed by atoms with van der Waals surface area (Å²) in [5.41, 5.74) is 3.38. The summed E-state index contributed by atoms with van der Waals surface area (Å²) in [5.74, 6) is 0.507. The van der Waals surface area contributed by atoms with E-state index in [1.165, 1.54) is 54.7 Å². The van der Waals surface area contributed by atoms with E-state index in [4.69, 9.17) is 0 Å². The number of hydrogen-bond donors (Lipinski definition) is 3. The molecule has 1 aliphatic carbocycles. The number of carbonyl (C=O) groups excluding carboxylic acids is 1. The summed E-state index contributed by atoms with van der Waals surface area (Å²) in [4.78, 5) is 12.2. The van der Waals surface area contributed by atoms with Gasteiger partial charge >= 0.3 is 6.03 Å². The normalized spacial score (nSPS) is 17.7. The minimum absolute atomic E-state index is 0.264. The summed E-state index contributed by atoms with van der Waals surface area (Å²) in [6.07, 6.45) is 7.17. The van der Waals surface area contributed by atoms with Crippen LogP contribution in [0.3, 0.4) is 0 Å². The smallest absolute Gasteiger partial charge is 0.321 e. The summed E-state index contributed by atoms with van der Waals surface area (Å²) in [5, 5.41) is 23.6. The van der Waals surface area contributed by atoms with Crippen molar-refractivity contribution in [3.8, 4) is 0 Å². The third kappa shape index (κ3) is 3.73. The summed E-state index contributed by atoms with van der Waals surface area (Å²) < 4.78 is 1.92. The molecule has 2 amide bonds. The second-order valence-corrected chi connectivity index (χ2v) is 8.02. The third-order valence-corrected chi connectivity index (χ3v) is 6.23. The Balaban J connectivity index is 1.33. The van der Waals surface area contributed by atoms with Crippen molar-refractivity contribution in [1.82, 2.24) is 30.6 Å². The summed E-state index contributed by atoms with van der Waals surface area (Å²) in [6.45, 7) is 2.19. The molecule has 0 saturated heterocycles. The molecule has 0 atom stereocenters. The lowest BCUT2D eigenvalue weighted by molar-refractivity contribution is 0.251. The molecule has 0 spiro atoms. The Morgan fingerprint density at radius 1 is 1.31 bits per heavy atom. The predicted molar refractivity (Wildman–Crippen MR) is 100 cm³/mol. The molecule has 1 saturated carbocycles. The van der Waals surface area contributed by atoms with E-state index in [2.05, 4.69) is 31.2 Å². The van der Waals surface area contributed by atoms with Gasteiger partial charge in [-0.15, -0.1) is 10.2 Å². The van der Waals surface area contributed by atoms with Crippen molar-refractivity contribution in [3.05, 3.63) is 22.0 Å². The number of aryl methyl sites for hydroxylation is 1. The molecule has 9 heteroatoms. The monoisotopic (exact) mass is 375 g/mol. The van der Waals surface area contributed by atoms with Gasteiger partial charge in [-0.2, -0.15) is 5.10 Å². The van der Waals surface area contributed by atoms with Gasteiger partial charge < -0.3 is 10.6 Å². The van der Waals surface area contributed by atoms with Crippen LogP contribution in [0.1, 0.15) is 60.0 Å². The van der Waals surface area contributed by atoms with E-state index in [9.17, 15) is 4.79 Å². The third-order valence-electron chi connectivity index (χ3n) is 5.23. The lowest BCUT2D eigenvalue weighted by Crippen LogP contribution is -2.29. The Kier molecular flexibility index (Phi) is 5.16. The first-order valence-electron chi connectivity index (χ1n) is 9.33. The number of urea groups is 1. The highest BCUT2D eigenvalue weighted by atomic mass is 32.1. The van der Waals surface area contributed by atoms with Crippen molar-refractivity contribution < 1.29 is 4.79 Å². The van der Waals surface area contributed by atoms with Gasteiger partial charge in [-0.1, -0.05) is 30.6 Å². The highest BCUT2D eigenvalue weighted by Crippen LogP contribution is 2.35. The van der Waals surface area contributed by atoms with Crippen molar-refractivity contribution in [2.24, 2.45) is 7.05 Å². The fourth-order valence-electron chi connectivity index (χ4n) is 3.85. The van der Waals surface area contributed by atoms with Gasteiger partial charge in [0.1, 0.15) is 5.01 Å². The maximum atomic E-state index is 12.2. The molecule has 1 aliphatic heterocycles. The first-order valence-corrected chi connectivity index (χ1v) is 10.1. The number of carbonyl (C=O) groups is 1. The molecule has 4 rings (SSSR count). The van der Waals surface area contributed by atoms with Crippen molar-refractivity contribution in [2.45, 2.75) is 57.5 Å². The van der Waals surface area contributed by atoms with Crippen LogP contribution in [-0.2, 0) is 26.6 Å². The number of aromatic nitrogens is 4. The van der Waals surface area contributed by atoms with Gasteiger partial charge in [0.05, 0.1) is 12.2 Å². The molecule has 26 heavy (non-hydrogen) atoms. The van der Waals surface area contributed by atoms with E-state index in [1.807, 2.05) is 11.7 Å². The van der Waals surface area contributed by atoms with Crippen molar-refractivity contribution in [2.75, 3.05) is 11.9 Å². The second-order valence-electron chi connectivity index (χ2n) is 7.01. The number of hydrogen-bond acceptors (Lipinski definition) is 6. The van der Waals surface area contributed by atoms with Gasteiger partial charge in [0, 0.05) is 43.7 Å². The number of anilines is 1. The highest BCUT2D eigenvalue weighted by molar-refractivity contribution is 7.15. The van der Waals surface area contributed by atoms with Crippen LogP contribution in [-0.4, -0.2) is 32.6 Å². The van der Waals surface area contributed by atoms with Crippen LogP contribution >= 0.6 is 11.3 Å². The van der Waals surface area contributed by atoms with Gasteiger partial charge in [-0.3, -0.25) is 10.00 Å².